The van der Waals surface area contributed by atoms with Crippen LogP contribution >= 0.6 is 15.9 Å². The van der Waals surface area contributed by atoms with Crippen LogP contribution in [0.4, 0.5) is 23.2 Å². The van der Waals surface area contributed by atoms with Gasteiger partial charge in [-0.25, -0.2) is 14.4 Å². The van der Waals surface area contributed by atoms with Gasteiger partial charge in [-0.3, -0.25) is 10.2 Å². The number of carbonyl (C=O) groups excluding carboxylic acids is 1. The lowest BCUT2D eigenvalue weighted by Gasteiger charge is -2.22. The zero-order chi connectivity index (χ0) is 25.3. The molecule has 35 heavy (non-hydrogen) atoms. The first kappa shape index (κ1) is 24.3. The van der Waals surface area contributed by atoms with Crippen molar-refractivity contribution in [3.05, 3.63) is 87.5 Å². The summed E-state index contributed by atoms with van der Waals surface area (Å²) in [4.78, 5) is 24.0. The van der Waals surface area contributed by atoms with Crippen LogP contribution in [0.3, 0.4) is 0 Å². The van der Waals surface area contributed by atoms with E-state index in [0.29, 0.717) is 15.7 Å². The summed E-state index contributed by atoms with van der Waals surface area (Å²) < 4.78 is 55.4. The van der Waals surface area contributed by atoms with Crippen molar-refractivity contribution in [1.29, 1.82) is 5.41 Å². The fraction of sp³-hybridized carbons (Fsp3) is 0.130. The summed E-state index contributed by atoms with van der Waals surface area (Å²) in [6.45, 7) is 0. The van der Waals surface area contributed by atoms with Gasteiger partial charge in [-0.15, -0.1) is 0 Å². The number of aromatic amines is 1. The Morgan fingerprint density at radius 2 is 1.86 bits per heavy atom. The maximum atomic E-state index is 13.8. The number of aromatic nitrogens is 3. The number of rotatable bonds is 6. The highest BCUT2D eigenvalue weighted by atomic mass is 79.9. The Labute approximate surface area is 204 Å². The molecule has 12 heteroatoms. The minimum atomic E-state index is -4.75. The van der Waals surface area contributed by atoms with Gasteiger partial charge in [0.15, 0.2) is 11.7 Å². The first-order chi connectivity index (χ1) is 16.6. The normalized spacial score (nSPS) is 12.4. The van der Waals surface area contributed by atoms with Crippen molar-refractivity contribution in [2.24, 2.45) is 0 Å². The van der Waals surface area contributed by atoms with Gasteiger partial charge in [-0.2, -0.15) is 13.2 Å². The third-order valence-corrected chi connectivity index (χ3v) is 5.74. The number of nitrogens with zero attached hydrogens (tertiary/aromatic N) is 2. The van der Waals surface area contributed by atoms with Gasteiger partial charge < -0.3 is 15.6 Å². The number of hydrogen-bond donors (Lipinski definition) is 4. The number of amides is 1. The smallest absolute Gasteiger partial charge is 0.387 e. The molecule has 4 rings (SSSR count). The average Bonchev–Trinajstić information content (AvgIpc) is 3.25. The van der Waals surface area contributed by atoms with Crippen LogP contribution in [-0.2, 0) is 0 Å². The number of hydrogen-bond acceptors (Lipinski definition) is 5. The van der Waals surface area contributed by atoms with E-state index < -0.39 is 23.9 Å². The van der Waals surface area contributed by atoms with Gasteiger partial charge in [-0.1, -0.05) is 28.1 Å². The molecule has 7 nitrogen and oxygen atoms in total. The van der Waals surface area contributed by atoms with Gasteiger partial charge in [0.2, 0.25) is 0 Å². The molecule has 180 valence electrons. The quantitative estimate of drug-likeness (QED) is 0.192. The summed E-state index contributed by atoms with van der Waals surface area (Å²) in [5.41, 5.74) is 0.457. The van der Waals surface area contributed by atoms with E-state index in [1.165, 1.54) is 54.9 Å². The number of alkyl halides is 3. The lowest BCUT2D eigenvalue weighted by atomic mass is 10.0. The highest BCUT2D eigenvalue weighted by molar-refractivity contribution is 9.10. The van der Waals surface area contributed by atoms with Gasteiger partial charge in [0.1, 0.15) is 17.0 Å². The van der Waals surface area contributed by atoms with Crippen LogP contribution in [0.5, 0.6) is 0 Å². The monoisotopic (exact) mass is 548 g/mol. The molecule has 0 saturated heterocycles. The molecule has 0 aliphatic heterocycles. The van der Waals surface area contributed by atoms with E-state index in [1.807, 2.05) is 5.32 Å². The topological polar surface area (TPSA) is 107 Å². The van der Waals surface area contributed by atoms with Crippen molar-refractivity contribution in [3.8, 4) is 0 Å². The minimum absolute atomic E-state index is 0.00500. The van der Waals surface area contributed by atoms with Gasteiger partial charge in [0.05, 0.1) is 17.5 Å². The second-order valence-electron chi connectivity index (χ2n) is 7.47. The fourth-order valence-corrected chi connectivity index (χ4v) is 3.75. The summed E-state index contributed by atoms with van der Waals surface area (Å²) in [6, 6.07) is 6.97. The molecule has 1 amide bonds. The van der Waals surface area contributed by atoms with E-state index in [0.717, 1.165) is 0 Å². The maximum Gasteiger partial charge on any atom is 0.412 e. The number of nitrogens with one attached hydrogen (secondary N) is 4. The molecule has 2 heterocycles. The molecule has 0 spiro atoms. The van der Waals surface area contributed by atoms with E-state index in [1.54, 1.807) is 7.05 Å². The maximum absolute atomic E-state index is 13.8. The summed E-state index contributed by atoms with van der Waals surface area (Å²) in [5, 5.41) is 13.3. The van der Waals surface area contributed by atoms with E-state index in [9.17, 15) is 22.4 Å². The van der Waals surface area contributed by atoms with Crippen LogP contribution in [0.15, 0.2) is 59.3 Å². The number of anilines is 1. The van der Waals surface area contributed by atoms with Crippen LogP contribution in [0.25, 0.3) is 11.2 Å². The largest absolute Gasteiger partial charge is 0.412 e. The summed E-state index contributed by atoms with van der Waals surface area (Å²) in [6.07, 6.45) is -2.26. The predicted molar refractivity (Wildman–Crippen MR) is 126 cm³/mol. The molecule has 0 aliphatic rings. The van der Waals surface area contributed by atoms with E-state index in [2.05, 4.69) is 36.2 Å². The highest BCUT2D eigenvalue weighted by Gasteiger charge is 2.42. The Morgan fingerprint density at radius 1 is 1.14 bits per heavy atom. The van der Waals surface area contributed by atoms with Crippen LogP contribution < -0.4 is 10.6 Å². The van der Waals surface area contributed by atoms with Crippen LogP contribution in [0.2, 0.25) is 0 Å². The number of carbonyl (C=O) groups is 1. The van der Waals surface area contributed by atoms with Crippen molar-refractivity contribution < 1.29 is 22.4 Å². The number of H-pyrrole nitrogens is 1. The Bertz CT molecular complexity index is 1420. The molecule has 4 aromatic rings. The molecule has 0 saturated carbocycles. The Balaban J connectivity index is 1.68. The Hall–Kier alpha value is -3.80. The lowest BCUT2D eigenvalue weighted by molar-refractivity contribution is -0.155. The number of fused-ring (bicyclic) bond motifs is 1. The van der Waals surface area contributed by atoms with Crippen molar-refractivity contribution in [2.45, 2.75) is 12.2 Å². The van der Waals surface area contributed by atoms with E-state index in [4.69, 9.17) is 5.41 Å². The number of halogens is 5. The molecule has 0 radical (unpaired) electrons. The van der Waals surface area contributed by atoms with Gasteiger partial charge in [-0.05, 0) is 35.9 Å². The van der Waals surface area contributed by atoms with E-state index in [-0.39, 0.29) is 33.7 Å². The van der Waals surface area contributed by atoms with Crippen LogP contribution in [-0.4, -0.2) is 39.8 Å². The Morgan fingerprint density at radius 3 is 2.51 bits per heavy atom. The average molecular weight is 549 g/mol. The SMILES string of the molecule is CNc1cc(F)ccc1C(=N)c1cnc2[nH]cc(C(=O)NC(c3ccc(Br)cc3)C(F)(F)F)c2n1. The first-order valence-corrected chi connectivity index (χ1v) is 10.9. The van der Waals surface area contributed by atoms with Crippen molar-refractivity contribution >= 4 is 44.4 Å². The molecule has 0 bridgehead atoms. The predicted octanol–water partition coefficient (Wildman–Crippen LogP) is 5.35. The third-order valence-electron chi connectivity index (χ3n) is 5.21. The summed E-state index contributed by atoms with van der Waals surface area (Å²) >= 11 is 3.17. The Kier molecular flexibility index (Phi) is 6.57. The molecular weight excluding hydrogens is 532 g/mol. The highest BCUT2D eigenvalue weighted by Crippen LogP contribution is 2.34. The number of benzene rings is 2. The fourth-order valence-electron chi connectivity index (χ4n) is 3.48. The lowest BCUT2D eigenvalue weighted by Crippen LogP contribution is -2.38. The summed E-state index contributed by atoms with van der Waals surface area (Å²) in [7, 11) is 1.57. The van der Waals surface area contributed by atoms with Crippen LogP contribution in [0, 0.1) is 11.2 Å². The molecule has 1 atom stereocenters. The van der Waals surface area contributed by atoms with Gasteiger partial charge in [0.25, 0.3) is 5.91 Å². The molecular formula is C23H17BrF4N6O. The molecule has 4 N–H and O–H groups in total. The standard InChI is InChI=1S/C23H17BrF4N6O/c1-30-16-8-13(25)6-7-14(16)18(29)17-10-32-21-19(33-17)15(9-31-21)22(35)34-20(23(26,27)28)11-2-4-12(24)5-3-11/h2-10,20,29-30H,1H3,(H,31,32)(H,34,35). The summed E-state index contributed by atoms with van der Waals surface area (Å²) in [5.74, 6) is -1.51. The van der Waals surface area contributed by atoms with Crippen LogP contribution in [0.1, 0.15) is 33.2 Å². The van der Waals surface area contributed by atoms with Crippen molar-refractivity contribution in [3.63, 3.8) is 0 Å². The molecule has 0 aliphatic carbocycles. The third kappa shape index (κ3) is 5.02. The van der Waals surface area contributed by atoms with Crippen molar-refractivity contribution in [2.75, 3.05) is 12.4 Å². The second kappa shape index (κ2) is 9.45. The zero-order valence-electron chi connectivity index (χ0n) is 18.0. The first-order valence-electron chi connectivity index (χ1n) is 10.1. The minimum Gasteiger partial charge on any atom is -0.387 e. The van der Waals surface area contributed by atoms with Gasteiger partial charge >= 0.3 is 6.18 Å². The molecule has 2 aromatic carbocycles. The molecule has 1 unspecified atom stereocenters. The second-order valence-corrected chi connectivity index (χ2v) is 8.39. The van der Waals surface area contributed by atoms with Gasteiger partial charge in [0, 0.05) is 29.0 Å². The van der Waals surface area contributed by atoms with E-state index >= 15 is 0 Å². The zero-order valence-corrected chi connectivity index (χ0v) is 19.6. The molecule has 0 fully saturated rings. The molecule has 2 aromatic heterocycles. The van der Waals surface area contributed by atoms with Crippen molar-refractivity contribution in [1.82, 2.24) is 20.3 Å².